The molecule has 3 N–H and O–H groups in total. The Morgan fingerprint density at radius 1 is 0.893 bits per heavy atom. The Morgan fingerprint density at radius 3 is 2.29 bits per heavy atom. The predicted octanol–water partition coefficient (Wildman–Crippen LogP) is 2.57. The first kappa shape index (κ1) is 16.2. The molecule has 0 atom stereocenters. The van der Waals surface area contributed by atoms with Gasteiger partial charge >= 0.3 is 5.69 Å². The molecular formula is C21H15N5O2. The zero-order valence-corrected chi connectivity index (χ0v) is 14.9. The number of H-pyrrole nitrogens is 1. The van der Waals surface area contributed by atoms with Crippen molar-refractivity contribution in [3.05, 3.63) is 75.4 Å². The van der Waals surface area contributed by atoms with E-state index in [2.05, 4.69) is 4.98 Å². The van der Waals surface area contributed by atoms with Crippen molar-refractivity contribution in [3.8, 4) is 11.1 Å². The van der Waals surface area contributed by atoms with E-state index in [0.29, 0.717) is 11.1 Å². The van der Waals surface area contributed by atoms with Crippen molar-refractivity contribution in [2.75, 3.05) is 5.73 Å². The molecule has 2 aromatic heterocycles. The van der Waals surface area contributed by atoms with Crippen LogP contribution in [0.15, 0.2) is 64.2 Å². The zero-order chi connectivity index (χ0) is 19.4. The molecule has 5 aromatic rings. The van der Waals surface area contributed by atoms with Gasteiger partial charge in [0, 0.05) is 18.0 Å². The lowest BCUT2D eigenvalue weighted by Crippen LogP contribution is -2.31. The second kappa shape index (κ2) is 5.75. The normalized spacial score (nSPS) is 11.5. The number of aromatic nitrogens is 4. The SMILES string of the molecule is Cn1c(N)c(-c2cc3nc4ccccc4nc3c3ccccc23)c(=O)[nH]c1=O. The van der Waals surface area contributed by atoms with E-state index in [4.69, 9.17) is 15.7 Å². The van der Waals surface area contributed by atoms with Crippen molar-refractivity contribution in [1.29, 1.82) is 0 Å². The molecular weight excluding hydrogens is 354 g/mol. The van der Waals surface area contributed by atoms with E-state index in [9.17, 15) is 9.59 Å². The lowest BCUT2D eigenvalue weighted by molar-refractivity contribution is 0.816. The van der Waals surface area contributed by atoms with Gasteiger partial charge in [-0.25, -0.2) is 14.8 Å². The molecule has 0 radical (unpaired) electrons. The molecule has 0 saturated heterocycles. The van der Waals surface area contributed by atoms with Crippen LogP contribution in [0.25, 0.3) is 44.0 Å². The standard InChI is InChI=1S/C21H15N5O2/c1-26-19(22)17(20(27)25-21(26)28)13-10-16-18(12-7-3-2-6-11(12)13)24-15-9-5-4-8-14(15)23-16/h2-10H,22H2,1H3,(H,25,27,28). The molecule has 0 amide bonds. The van der Waals surface area contributed by atoms with Crippen LogP contribution in [-0.2, 0) is 7.05 Å². The second-order valence-electron chi connectivity index (χ2n) is 6.63. The summed E-state index contributed by atoms with van der Waals surface area (Å²) in [6.45, 7) is 0. The fraction of sp³-hybridized carbons (Fsp3) is 0.0476. The van der Waals surface area contributed by atoms with Gasteiger partial charge in [-0.05, 0) is 23.6 Å². The highest BCUT2D eigenvalue weighted by molar-refractivity contribution is 6.13. The minimum atomic E-state index is -0.554. The quantitative estimate of drug-likeness (QED) is 0.349. The third-order valence-electron chi connectivity index (χ3n) is 4.99. The summed E-state index contributed by atoms with van der Waals surface area (Å²) in [5.74, 6) is 0.104. The van der Waals surface area contributed by atoms with E-state index in [0.717, 1.165) is 27.3 Å². The van der Waals surface area contributed by atoms with Gasteiger partial charge in [0.05, 0.1) is 27.6 Å². The van der Waals surface area contributed by atoms with Crippen molar-refractivity contribution in [1.82, 2.24) is 19.5 Å². The van der Waals surface area contributed by atoms with Crippen molar-refractivity contribution in [2.24, 2.45) is 7.05 Å². The van der Waals surface area contributed by atoms with E-state index in [-0.39, 0.29) is 11.4 Å². The largest absolute Gasteiger partial charge is 0.384 e. The molecule has 3 aromatic carbocycles. The van der Waals surface area contributed by atoms with Crippen LogP contribution in [0.1, 0.15) is 0 Å². The Bertz CT molecular complexity index is 1530. The maximum Gasteiger partial charge on any atom is 0.329 e. The number of fused-ring (bicyclic) bond motifs is 4. The highest BCUT2D eigenvalue weighted by atomic mass is 16.2. The van der Waals surface area contributed by atoms with Gasteiger partial charge in [0.25, 0.3) is 5.56 Å². The Morgan fingerprint density at radius 2 is 1.54 bits per heavy atom. The summed E-state index contributed by atoms with van der Waals surface area (Å²) in [5.41, 5.74) is 8.89. The Hall–Kier alpha value is -4.00. The number of nitrogens with two attached hydrogens (primary N) is 1. The molecule has 5 rings (SSSR count). The van der Waals surface area contributed by atoms with Gasteiger partial charge < -0.3 is 5.73 Å². The van der Waals surface area contributed by atoms with Gasteiger partial charge in [0.15, 0.2) is 0 Å². The van der Waals surface area contributed by atoms with Crippen LogP contribution in [0.3, 0.4) is 0 Å². The first-order chi connectivity index (χ1) is 13.5. The number of nitrogens with zero attached hydrogens (tertiary/aromatic N) is 3. The van der Waals surface area contributed by atoms with Crippen molar-refractivity contribution in [2.45, 2.75) is 0 Å². The van der Waals surface area contributed by atoms with Crippen molar-refractivity contribution in [3.63, 3.8) is 0 Å². The van der Waals surface area contributed by atoms with Crippen LogP contribution in [0.5, 0.6) is 0 Å². The molecule has 0 aliphatic carbocycles. The fourth-order valence-electron chi connectivity index (χ4n) is 3.56. The lowest BCUT2D eigenvalue weighted by Gasteiger charge is -2.13. The molecule has 136 valence electrons. The van der Waals surface area contributed by atoms with Crippen LogP contribution in [0.2, 0.25) is 0 Å². The minimum Gasteiger partial charge on any atom is -0.384 e. The first-order valence-electron chi connectivity index (χ1n) is 8.72. The summed E-state index contributed by atoms with van der Waals surface area (Å²) in [4.78, 5) is 36.3. The van der Waals surface area contributed by atoms with Gasteiger partial charge in [-0.15, -0.1) is 0 Å². The second-order valence-corrected chi connectivity index (χ2v) is 6.63. The average molecular weight is 369 g/mol. The highest BCUT2D eigenvalue weighted by Gasteiger charge is 2.18. The molecule has 0 unspecified atom stereocenters. The molecule has 7 heteroatoms. The number of aromatic amines is 1. The van der Waals surface area contributed by atoms with E-state index >= 15 is 0 Å². The van der Waals surface area contributed by atoms with Gasteiger partial charge in [-0.3, -0.25) is 14.3 Å². The van der Waals surface area contributed by atoms with E-state index in [1.54, 1.807) is 0 Å². The van der Waals surface area contributed by atoms with E-state index in [1.165, 1.54) is 11.6 Å². The summed E-state index contributed by atoms with van der Waals surface area (Å²) in [6.07, 6.45) is 0. The number of nitrogen functional groups attached to an aromatic ring is 1. The maximum atomic E-state index is 12.6. The number of hydrogen-bond donors (Lipinski definition) is 2. The molecule has 0 aliphatic heterocycles. The summed E-state index contributed by atoms with van der Waals surface area (Å²) in [6, 6.07) is 17.1. The van der Waals surface area contributed by atoms with Gasteiger partial charge in [0.1, 0.15) is 5.82 Å². The van der Waals surface area contributed by atoms with Crippen molar-refractivity contribution < 1.29 is 0 Å². The Labute approximate surface area is 158 Å². The molecule has 2 heterocycles. The fourth-order valence-corrected chi connectivity index (χ4v) is 3.56. The van der Waals surface area contributed by atoms with Crippen LogP contribution in [-0.4, -0.2) is 19.5 Å². The first-order valence-corrected chi connectivity index (χ1v) is 8.72. The van der Waals surface area contributed by atoms with Crippen LogP contribution < -0.4 is 17.0 Å². The predicted molar refractivity (Wildman–Crippen MR) is 110 cm³/mol. The Kier molecular flexibility index (Phi) is 3.33. The molecule has 7 nitrogen and oxygen atoms in total. The smallest absolute Gasteiger partial charge is 0.329 e. The van der Waals surface area contributed by atoms with E-state index in [1.807, 2.05) is 54.6 Å². The summed E-state index contributed by atoms with van der Waals surface area (Å²) in [7, 11) is 1.52. The van der Waals surface area contributed by atoms with E-state index < -0.39 is 11.2 Å². The average Bonchev–Trinajstić information content (AvgIpc) is 2.71. The van der Waals surface area contributed by atoms with Gasteiger partial charge in [-0.2, -0.15) is 0 Å². The van der Waals surface area contributed by atoms with Crippen molar-refractivity contribution >= 4 is 38.7 Å². The number of benzene rings is 3. The molecule has 0 fully saturated rings. The molecule has 0 spiro atoms. The summed E-state index contributed by atoms with van der Waals surface area (Å²) >= 11 is 0. The topological polar surface area (TPSA) is 107 Å². The third-order valence-corrected chi connectivity index (χ3v) is 4.99. The third kappa shape index (κ3) is 2.23. The highest BCUT2D eigenvalue weighted by Crippen LogP contribution is 2.34. The summed E-state index contributed by atoms with van der Waals surface area (Å²) in [5, 5.41) is 1.68. The van der Waals surface area contributed by atoms with Crippen LogP contribution >= 0.6 is 0 Å². The summed E-state index contributed by atoms with van der Waals surface area (Å²) < 4.78 is 1.22. The number of nitrogens with one attached hydrogen (secondary N) is 1. The number of para-hydroxylation sites is 2. The Balaban J connectivity index is 2.00. The molecule has 0 aliphatic rings. The number of anilines is 1. The van der Waals surface area contributed by atoms with Gasteiger partial charge in [0.2, 0.25) is 0 Å². The van der Waals surface area contributed by atoms with Gasteiger partial charge in [-0.1, -0.05) is 36.4 Å². The number of rotatable bonds is 1. The monoisotopic (exact) mass is 369 g/mol. The minimum absolute atomic E-state index is 0.104. The van der Waals surface area contributed by atoms with Crippen LogP contribution in [0, 0.1) is 0 Å². The molecule has 28 heavy (non-hydrogen) atoms. The number of hydrogen-bond acceptors (Lipinski definition) is 5. The zero-order valence-electron chi connectivity index (χ0n) is 14.9. The van der Waals surface area contributed by atoms with Crippen LogP contribution in [0.4, 0.5) is 5.82 Å². The molecule has 0 saturated carbocycles. The molecule has 0 bridgehead atoms. The lowest BCUT2D eigenvalue weighted by atomic mass is 9.97. The maximum absolute atomic E-state index is 12.6.